The first-order chi connectivity index (χ1) is 9.06. The highest BCUT2D eigenvalue weighted by Crippen LogP contribution is 2.24. The van der Waals surface area contributed by atoms with Crippen LogP contribution in [0.25, 0.3) is 0 Å². The molecule has 1 aliphatic rings. The van der Waals surface area contributed by atoms with E-state index in [0.717, 1.165) is 29.7 Å². The highest BCUT2D eigenvalue weighted by Gasteiger charge is 2.17. The Hall–Kier alpha value is -2.10. The number of rotatable bonds is 5. The summed E-state index contributed by atoms with van der Waals surface area (Å²) >= 11 is 0. The lowest BCUT2D eigenvalue weighted by molar-refractivity contribution is -0.139. The molecule has 1 heterocycles. The van der Waals surface area contributed by atoms with Crippen LogP contribution in [0.4, 0.5) is 5.69 Å². The van der Waals surface area contributed by atoms with Crippen LogP contribution >= 0.6 is 0 Å². The number of anilines is 1. The van der Waals surface area contributed by atoms with E-state index in [4.69, 9.17) is 4.74 Å². The van der Waals surface area contributed by atoms with Crippen molar-refractivity contribution >= 4 is 17.6 Å². The van der Waals surface area contributed by atoms with Crippen LogP contribution in [-0.4, -0.2) is 18.5 Å². The molecule has 1 aliphatic heterocycles. The summed E-state index contributed by atoms with van der Waals surface area (Å²) in [4.78, 5) is 22.4. The third-order valence-corrected chi connectivity index (χ3v) is 2.99. The van der Waals surface area contributed by atoms with Gasteiger partial charge in [0.2, 0.25) is 5.91 Å². The van der Waals surface area contributed by atoms with Crippen molar-refractivity contribution in [3.8, 4) is 0 Å². The van der Waals surface area contributed by atoms with E-state index >= 15 is 0 Å². The summed E-state index contributed by atoms with van der Waals surface area (Å²) in [5, 5.41) is 2.80. The first-order valence-electron chi connectivity index (χ1n) is 6.30. The van der Waals surface area contributed by atoms with Crippen molar-refractivity contribution < 1.29 is 14.3 Å². The summed E-state index contributed by atoms with van der Waals surface area (Å²) in [6.45, 7) is 5.55. The molecule has 0 aliphatic carbocycles. The van der Waals surface area contributed by atoms with Gasteiger partial charge in [-0.05, 0) is 37.0 Å². The molecule has 0 spiro atoms. The topological polar surface area (TPSA) is 55.4 Å². The van der Waals surface area contributed by atoms with E-state index in [-0.39, 0.29) is 11.9 Å². The summed E-state index contributed by atoms with van der Waals surface area (Å²) in [6, 6.07) is 5.95. The smallest absolute Gasteiger partial charge is 0.333 e. The number of fused-ring (bicyclic) bond motifs is 1. The second-order valence-electron chi connectivity index (χ2n) is 4.74. The lowest BCUT2D eigenvalue weighted by Crippen LogP contribution is -2.06. The number of hydrogen-bond donors (Lipinski definition) is 1. The molecule has 2 rings (SSSR count). The van der Waals surface area contributed by atoms with Gasteiger partial charge in [-0.3, -0.25) is 4.79 Å². The van der Waals surface area contributed by atoms with Crippen LogP contribution in [-0.2, 0) is 27.2 Å². The molecule has 0 bridgehead atoms. The van der Waals surface area contributed by atoms with Crippen molar-refractivity contribution in [1.82, 2.24) is 0 Å². The van der Waals surface area contributed by atoms with Crippen LogP contribution in [0.2, 0.25) is 0 Å². The molecule has 19 heavy (non-hydrogen) atoms. The first kappa shape index (κ1) is 13.3. The van der Waals surface area contributed by atoms with Gasteiger partial charge in [0.05, 0.1) is 13.0 Å². The Morgan fingerprint density at radius 3 is 3.00 bits per heavy atom. The molecule has 0 fully saturated rings. The Labute approximate surface area is 112 Å². The zero-order chi connectivity index (χ0) is 13.8. The molecule has 1 amide bonds. The van der Waals surface area contributed by atoms with Gasteiger partial charge < -0.3 is 10.1 Å². The summed E-state index contributed by atoms with van der Waals surface area (Å²) in [6.07, 6.45) is 2.04. The van der Waals surface area contributed by atoms with Crippen molar-refractivity contribution in [2.75, 3.05) is 11.9 Å². The number of aryl methyl sites for hydroxylation is 1. The second-order valence-corrected chi connectivity index (χ2v) is 4.74. The highest BCUT2D eigenvalue weighted by molar-refractivity contribution is 5.99. The Kier molecular flexibility index (Phi) is 4.00. The van der Waals surface area contributed by atoms with Gasteiger partial charge in [-0.2, -0.15) is 0 Å². The molecule has 1 aromatic rings. The number of ether oxygens (including phenoxy) is 1. The molecular formula is C15H17NO3. The lowest BCUT2D eigenvalue weighted by atomic mass is 10.0. The molecule has 0 aromatic heterocycles. The average molecular weight is 259 g/mol. The van der Waals surface area contributed by atoms with E-state index in [1.807, 2.05) is 18.2 Å². The van der Waals surface area contributed by atoms with Crippen molar-refractivity contribution in [3.63, 3.8) is 0 Å². The molecule has 100 valence electrons. The maximum atomic E-state index is 11.2. The molecule has 0 unspecified atom stereocenters. The predicted octanol–water partition coefficient (Wildman–Crippen LogP) is 2.23. The van der Waals surface area contributed by atoms with Crippen molar-refractivity contribution in [1.29, 1.82) is 0 Å². The third-order valence-electron chi connectivity index (χ3n) is 2.99. The largest absolute Gasteiger partial charge is 0.462 e. The fraction of sp³-hybridized carbons (Fsp3) is 0.333. The van der Waals surface area contributed by atoms with Gasteiger partial charge in [0, 0.05) is 11.3 Å². The Bertz CT molecular complexity index is 534. The summed E-state index contributed by atoms with van der Waals surface area (Å²) < 4.78 is 5.03. The van der Waals surface area contributed by atoms with Gasteiger partial charge in [-0.15, -0.1) is 0 Å². The highest BCUT2D eigenvalue weighted by atomic mass is 16.5. The molecule has 1 aromatic carbocycles. The monoisotopic (exact) mass is 259 g/mol. The minimum absolute atomic E-state index is 0.0440. The quantitative estimate of drug-likeness (QED) is 0.501. The number of hydrogen-bond acceptors (Lipinski definition) is 3. The zero-order valence-electron chi connectivity index (χ0n) is 11.0. The van der Waals surface area contributed by atoms with E-state index in [1.165, 1.54) is 0 Å². The van der Waals surface area contributed by atoms with Gasteiger partial charge in [0.25, 0.3) is 0 Å². The van der Waals surface area contributed by atoms with Crippen molar-refractivity contribution in [3.05, 3.63) is 41.5 Å². The maximum Gasteiger partial charge on any atom is 0.333 e. The molecule has 1 N–H and O–H groups in total. The minimum Gasteiger partial charge on any atom is -0.462 e. The lowest BCUT2D eigenvalue weighted by Gasteiger charge is -2.06. The number of carbonyl (C=O) groups excluding carboxylic acids is 2. The number of benzene rings is 1. The second kappa shape index (κ2) is 5.69. The van der Waals surface area contributed by atoms with Crippen LogP contribution in [0.1, 0.15) is 24.5 Å². The fourth-order valence-corrected chi connectivity index (χ4v) is 2.00. The van der Waals surface area contributed by atoms with Crippen molar-refractivity contribution in [2.24, 2.45) is 0 Å². The summed E-state index contributed by atoms with van der Waals surface area (Å²) in [7, 11) is 0. The predicted molar refractivity (Wildman–Crippen MR) is 72.9 cm³/mol. The van der Waals surface area contributed by atoms with E-state index in [0.29, 0.717) is 18.6 Å². The standard InChI is InChI=1S/C15H17NO3/c1-10(2)15(18)19-7-3-4-11-5-6-13-12(8-11)9-14(17)16-13/h5-6,8H,1,3-4,7,9H2,2H3,(H,16,17). The minimum atomic E-state index is -0.344. The maximum absolute atomic E-state index is 11.2. The third kappa shape index (κ3) is 3.44. The van der Waals surface area contributed by atoms with E-state index < -0.39 is 0 Å². The Morgan fingerprint density at radius 2 is 2.26 bits per heavy atom. The van der Waals surface area contributed by atoms with Gasteiger partial charge in [0.1, 0.15) is 0 Å². The molecule has 0 saturated heterocycles. The van der Waals surface area contributed by atoms with E-state index in [2.05, 4.69) is 11.9 Å². The number of carbonyl (C=O) groups is 2. The summed E-state index contributed by atoms with van der Waals surface area (Å²) in [5.74, 6) is -0.300. The Balaban J connectivity index is 1.81. The molecular weight excluding hydrogens is 242 g/mol. The van der Waals surface area contributed by atoms with Gasteiger partial charge in [-0.1, -0.05) is 18.7 Å². The van der Waals surface area contributed by atoms with E-state index in [1.54, 1.807) is 6.92 Å². The Morgan fingerprint density at radius 1 is 1.47 bits per heavy atom. The van der Waals surface area contributed by atoms with Crippen molar-refractivity contribution in [2.45, 2.75) is 26.2 Å². The van der Waals surface area contributed by atoms with Crippen LogP contribution < -0.4 is 5.32 Å². The average Bonchev–Trinajstić information content (AvgIpc) is 2.73. The molecule has 4 heteroatoms. The van der Waals surface area contributed by atoms with E-state index in [9.17, 15) is 9.59 Å². The normalized spacial score (nSPS) is 12.8. The SMILES string of the molecule is C=C(C)C(=O)OCCCc1ccc2c(c1)CC(=O)N2. The molecule has 0 saturated carbocycles. The molecule has 0 radical (unpaired) electrons. The summed E-state index contributed by atoms with van der Waals surface area (Å²) in [5.41, 5.74) is 3.52. The van der Waals surface area contributed by atoms with Gasteiger partial charge in [-0.25, -0.2) is 4.79 Å². The molecule has 0 atom stereocenters. The van der Waals surface area contributed by atoms with Gasteiger partial charge in [0.15, 0.2) is 0 Å². The van der Waals surface area contributed by atoms with Crippen LogP contribution in [0.15, 0.2) is 30.4 Å². The first-order valence-corrected chi connectivity index (χ1v) is 6.30. The fourth-order valence-electron chi connectivity index (χ4n) is 2.00. The van der Waals surface area contributed by atoms with Crippen LogP contribution in [0.3, 0.4) is 0 Å². The van der Waals surface area contributed by atoms with Crippen LogP contribution in [0, 0.1) is 0 Å². The zero-order valence-corrected chi connectivity index (χ0v) is 11.0. The number of nitrogens with one attached hydrogen (secondary N) is 1. The number of esters is 1. The van der Waals surface area contributed by atoms with Crippen LogP contribution in [0.5, 0.6) is 0 Å². The molecule has 4 nitrogen and oxygen atoms in total. The number of amides is 1. The van der Waals surface area contributed by atoms with Gasteiger partial charge >= 0.3 is 5.97 Å².